The van der Waals surface area contributed by atoms with Gasteiger partial charge in [0.25, 0.3) is 0 Å². The quantitative estimate of drug-likeness (QED) is 0.673. The van der Waals surface area contributed by atoms with Gasteiger partial charge in [-0.3, -0.25) is 0 Å². The largest absolute Gasteiger partial charge is 0.476 e. The highest BCUT2D eigenvalue weighted by Crippen LogP contribution is 2.11. The summed E-state index contributed by atoms with van der Waals surface area (Å²) in [5.41, 5.74) is -0.245. The molecule has 0 unspecified atom stereocenters. The third-order valence-electron chi connectivity index (χ3n) is 1.40. The lowest BCUT2D eigenvalue weighted by Gasteiger charge is -2.17. The van der Waals surface area contributed by atoms with Crippen molar-refractivity contribution in [3.63, 3.8) is 0 Å². The van der Waals surface area contributed by atoms with Crippen LogP contribution in [-0.4, -0.2) is 26.1 Å². The minimum Gasteiger partial charge on any atom is -0.476 e. The second-order valence-corrected chi connectivity index (χ2v) is 3.52. The maximum atomic E-state index is 10.4. The van der Waals surface area contributed by atoms with Crippen LogP contribution in [0.3, 0.4) is 0 Å². The van der Waals surface area contributed by atoms with Crippen LogP contribution in [0.25, 0.3) is 0 Å². The van der Waals surface area contributed by atoms with E-state index in [1.165, 1.54) is 10.9 Å². The van der Waals surface area contributed by atoms with Gasteiger partial charge in [-0.2, -0.15) is 0 Å². The average Bonchev–Trinajstić information content (AvgIpc) is 2.30. The maximum Gasteiger partial charge on any atom is 0.358 e. The molecule has 1 rings (SSSR count). The first-order valence-electron chi connectivity index (χ1n) is 3.57. The number of aromatic nitrogens is 3. The van der Waals surface area contributed by atoms with Gasteiger partial charge in [0.05, 0.1) is 11.7 Å². The van der Waals surface area contributed by atoms with E-state index in [1.54, 1.807) is 0 Å². The maximum absolute atomic E-state index is 10.4. The summed E-state index contributed by atoms with van der Waals surface area (Å²) in [5, 5.41) is 15.7. The van der Waals surface area contributed by atoms with Crippen molar-refractivity contribution in [2.45, 2.75) is 26.3 Å². The van der Waals surface area contributed by atoms with Crippen molar-refractivity contribution in [2.75, 3.05) is 0 Å². The molecule has 0 radical (unpaired) electrons. The van der Waals surface area contributed by atoms with Crippen LogP contribution in [0.2, 0.25) is 0 Å². The lowest BCUT2D eigenvalue weighted by Crippen LogP contribution is -2.22. The molecule has 0 saturated carbocycles. The van der Waals surface area contributed by atoms with Crippen molar-refractivity contribution in [2.24, 2.45) is 0 Å². The zero-order valence-corrected chi connectivity index (χ0v) is 7.27. The fourth-order valence-electron chi connectivity index (χ4n) is 0.690. The molecule has 5 nitrogen and oxygen atoms in total. The summed E-state index contributed by atoms with van der Waals surface area (Å²) in [4.78, 5) is 10.4. The van der Waals surface area contributed by atoms with E-state index in [-0.39, 0.29) is 11.2 Å². The number of hydrogen-bond acceptors (Lipinski definition) is 3. The Balaban J connectivity index is 3.00. The van der Waals surface area contributed by atoms with Gasteiger partial charge in [-0.25, -0.2) is 9.48 Å². The van der Waals surface area contributed by atoms with Crippen LogP contribution in [0.5, 0.6) is 0 Å². The molecule has 0 aliphatic rings. The molecule has 0 aromatic carbocycles. The molecule has 0 saturated heterocycles. The highest BCUT2D eigenvalue weighted by atomic mass is 16.4. The van der Waals surface area contributed by atoms with Crippen LogP contribution in [0, 0.1) is 0 Å². The molecule has 12 heavy (non-hydrogen) atoms. The Morgan fingerprint density at radius 3 is 2.42 bits per heavy atom. The van der Waals surface area contributed by atoms with E-state index in [9.17, 15) is 4.79 Å². The number of rotatable bonds is 1. The number of aromatic carboxylic acids is 1. The Bertz CT molecular complexity index is 298. The standard InChI is InChI=1S/C7H11N3O2/c1-7(2,3)10-4-5(6(11)12)8-9-10/h4H,1-3H3,(H,11,12). The summed E-state index contributed by atoms with van der Waals surface area (Å²) in [6, 6.07) is 0. The second kappa shape index (κ2) is 2.58. The van der Waals surface area contributed by atoms with Gasteiger partial charge in [0.15, 0.2) is 5.69 Å². The minimum atomic E-state index is -1.05. The molecule has 1 aromatic heterocycles. The molecule has 0 aliphatic carbocycles. The molecule has 5 heteroatoms. The van der Waals surface area contributed by atoms with Crippen LogP contribution in [0.1, 0.15) is 31.3 Å². The van der Waals surface area contributed by atoms with E-state index in [0.29, 0.717) is 0 Å². The molecule has 0 spiro atoms. The zero-order chi connectivity index (χ0) is 9.35. The Labute approximate surface area is 70.0 Å². The Kier molecular flexibility index (Phi) is 1.87. The smallest absolute Gasteiger partial charge is 0.358 e. The van der Waals surface area contributed by atoms with Crippen LogP contribution < -0.4 is 0 Å². The van der Waals surface area contributed by atoms with E-state index < -0.39 is 5.97 Å². The molecule has 1 aromatic rings. The predicted molar refractivity (Wildman–Crippen MR) is 42.0 cm³/mol. The molecule has 0 bridgehead atoms. The molecule has 0 aliphatic heterocycles. The van der Waals surface area contributed by atoms with E-state index in [1.807, 2.05) is 20.8 Å². The summed E-state index contributed by atoms with van der Waals surface area (Å²) in [5.74, 6) is -1.05. The Hall–Kier alpha value is -1.39. The van der Waals surface area contributed by atoms with Crippen molar-refractivity contribution < 1.29 is 9.90 Å². The van der Waals surface area contributed by atoms with E-state index in [2.05, 4.69) is 10.3 Å². The molecular weight excluding hydrogens is 158 g/mol. The molecule has 66 valence electrons. The number of carboxylic acids is 1. The summed E-state index contributed by atoms with van der Waals surface area (Å²) in [6.45, 7) is 5.77. The number of hydrogen-bond donors (Lipinski definition) is 1. The first-order chi connectivity index (χ1) is 5.41. The van der Waals surface area contributed by atoms with Crippen molar-refractivity contribution in [1.29, 1.82) is 0 Å². The predicted octanol–water partition coefficient (Wildman–Crippen LogP) is 0.731. The topological polar surface area (TPSA) is 68.0 Å². The lowest BCUT2D eigenvalue weighted by atomic mass is 10.1. The van der Waals surface area contributed by atoms with Crippen molar-refractivity contribution in [3.8, 4) is 0 Å². The van der Waals surface area contributed by atoms with E-state index in [0.717, 1.165) is 0 Å². The Morgan fingerprint density at radius 1 is 1.58 bits per heavy atom. The highest BCUT2D eigenvalue weighted by Gasteiger charge is 2.17. The second-order valence-electron chi connectivity index (χ2n) is 3.52. The third kappa shape index (κ3) is 1.61. The molecule has 0 atom stereocenters. The summed E-state index contributed by atoms with van der Waals surface area (Å²) < 4.78 is 1.52. The highest BCUT2D eigenvalue weighted by molar-refractivity contribution is 5.84. The van der Waals surface area contributed by atoms with E-state index >= 15 is 0 Å². The van der Waals surface area contributed by atoms with Crippen molar-refractivity contribution in [1.82, 2.24) is 15.0 Å². The summed E-state index contributed by atoms with van der Waals surface area (Å²) in [7, 11) is 0. The van der Waals surface area contributed by atoms with Crippen molar-refractivity contribution in [3.05, 3.63) is 11.9 Å². The van der Waals surface area contributed by atoms with Gasteiger partial charge in [0.2, 0.25) is 0 Å². The van der Waals surface area contributed by atoms with Crippen LogP contribution in [0.4, 0.5) is 0 Å². The minimum absolute atomic E-state index is 0.0232. The van der Waals surface area contributed by atoms with Crippen molar-refractivity contribution >= 4 is 5.97 Å². The van der Waals surface area contributed by atoms with Gasteiger partial charge in [-0.15, -0.1) is 5.10 Å². The van der Waals surface area contributed by atoms with Crippen LogP contribution in [0.15, 0.2) is 6.20 Å². The summed E-state index contributed by atoms with van der Waals surface area (Å²) in [6.07, 6.45) is 1.42. The molecule has 1 heterocycles. The van der Waals surface area contributed by atoms with E-state index in [4.69, 9.17) is 5.11 Å². The molecule has 0 fully saturated rings. The first kappa shape index (κ1) is 8.70. The third-order valence-corrected chi connectivity index (χ3v) is 1.40. The number of carbonyl (C=O) groups is 1. The van der Waals surface area contributed by atoms with Gasteiger partial charge in [0, 0.05) is 0 Å². The van der Waals surface area contributed by atoms with Gasteiger partial charge in [-0.05, 0) is 20.8 Å². The average molecular weight is 169 g/mol. The monoisotopic (exact) mass is 169 g/mol. The molecular formula is C7H11N3O2. The normalized spacial score (nSPS) is 11.6. The van der Waals surface area contributed by atoms with Crippen LogP contribution >= 0.6 is 0 Å². The summed E-state index contributed by atoms with van der Waals surface area (Å²) >= 11 is 0. The van der Waals surface area contributed by atoms with Gasteiger partial charge in [0.1, 0.15) is 0 Å². The lowest BCUT2D eigenvalue weighted by molar-refractivity contribution is 0.0690. The molecule has 0 amide bonds. The van der Waals surface area contributed by atoms with Crippen LogP contribution in [-0.2, 0) is 5.54 Å². The Morgan fingerprint density at radius 2 is 2.17 bits per heavy atom. The first-order valence-corrected chi connectivity index (χ1v) is 3.57. The molecule has 1 N–H and O–H groups in total. The van der Waals surface area contributed by atoms with Gasteiger partial charge < -0.3 is 5.11 Å². The fraction of sp³-hybridized carbons (Fsp3) is 0.571. The number of carboxylic acid groups (broad SMARTS) is 1. The number of nitrogens with zero attached hydrogens (tertiary/aromatic N) is 3. The van der Waals surface area contributed by atoms with Gasteiger partial charge >= 0.3 is 5.97 Å². The fourth-order valence-corrected chi connectivity index (χ4v) is 0.690. The SMILES string of the molecule is CC(C)(C)n1cc(C(=O)O)nn1. The van der Waals surface area contributed by atoms with Gasteiger partial charge in [-0.1, -0.05) is 5.21 Å². The zero-order valence-electron chi connectivity index (χ0n) is 7.27.